The monoisotopic (exact) mass is 401 g/mol. The van der Waals surface area contributed by atoms with E-state index in [1.807, 2.05) is 33.8 Å². The van der Waals surface area contributed by atoms with Gasteiger partial charge < -0.3 is 4.74 Å². The molecule has 148 valence electrons. The van der Waals surface area contributed by atoms with Crippen LogP contribution in [0, 0.1) is 5.41 Å². The maximum Gasteiger partial charge on any atom is 0.250 e. The first-order valence-electron chi connectivity index (χ1n) is 8.92. The Bertz CT molecular complexity index is 1000. The van der Waals surface area contributed by atoms with Crippen LogP contribution in [0.1, 0.15) is 38.2 Å². The van der Waals surface area contributed by atoms with Gasteiger partial charge in [0.05, 0.1) is 12.6 Å². The van der Waals surface area contributed by atoms with Crippen LogP contribution >= 0.6 is 11.3 Å². The fraction of sp³-hybridized carbons (Fsp3) is 0.421. The van der Waals surface area contributed by atoms with Crippen molar-refractivity contribution in [3.05, 3.63) is 29.4 Å². The molecule has 0 bridgehead atoms. The molecule has 8 nitrogen and oxygen atoms in total. The van der Waals surface area contributed by atoms with Gasteiger partial charge in [-0.3, -0.25) is 19.2 Å². The van der Waals surface area contributed by atoms with Crippen molar-refractivity contribution in [2.45, 2.75) is 34.2 Å². The molecular formula is C19H23N5O3S. The summed E-state index contributed by atoms with van der Waals surface area (Å²) in [7, 11) is 1.57. The normalized spacial score (nSPS) is 11.6. The summed E-state index contributed by atoms with van der Waals surface area (Å²) in [5.41, 5.74) is 2.03. The number of hydrogen-bond acceptors (Lipinski definition) is 7. The average Bonchev–Trinajstić information content (AvgIpc) is 3.29. The van der Waals surface area contributed by atoms with E-state index in [0.717, 1.165) is 0 Å². The number of carbonyl (C=O) groups excluding carboxylic acids is 2. The molecule has 1 amide bonds. The number of nitrogens with zero attached hydrogens (tertiary/aromatic N) is 5. The molecule has 0 spiro atoms. The van der Waals surface area contributed by atoms with E-state index in [0.29, 0.717) is 34.0 Å². The smallest absolute Gasteiger partial charge is 0.250 e. The molecule has 2 aromatic heterocycles. The van der Waals surface area contributed by atoms with Gasteiger partial charge >= 0.3 is 0 Å². The minimum atomic E-state index is -0.585. The van der Waals surface area contributed by atoms with Crippen LogP contribution in [-0.4, -0.2) is 45.3 Å². The predicted molar refractivity (Wildman–Crippen MR) is 108 cm³/mol. The second-order valence-corrected chi connectivity index (χ2v) is 8.14. The fourth-order valence-corrected chi connectivity index (χ4v) is 3.48. The van der Waals surface area contributed by atoms with Gasteiger partial charge in [-0.15, -0.1) is 10.2 Å². The van der Waals surface area contributed by atoms with Crippen molar-refractivity contribution in [3.8, 4) is 5.75 Å². The number of ether oxygens (including phenoxy) is 1. The van der Waals surface area contributed by atoms with Gasteiger partial charge in [0, 0.05) is 23.4 Å². The largest absolute Gasteiger partial charge is 0.497 e. The van der Waals surface area contributed by atoms with Crippen LogP contribution < -0.4 is 9.64 Å². The highest BCUT2D eigenvalue weighted by Gasteiger charge is 2.29. The Morgan fingerprint density at radius 2 is 2.04 bits per heavy atom. The zero-order valence-corrected chi connectivity index (χ0v) is 17.4. The van der Waals surface area contributed by atoms with Crippen LogP contribution in [0.15, 0.2) is 23.7 Å². The summed E-state index contributed by atoms with van der Waals surface area (Å²) in [6, 6.07) is 5.38. The standard InChI is InChI=1S/C19H23N5O3S/c1-6-23(18-21-20-11-28-18)15(25)10-24-14-9-12(27-5)7-8-13(14)16(22-24)17(26)19(2,3)4/h7-9,11H,6,10H2,1-5H3. The SMILES string of the molecule is CCN(C(=O)Cn1nc(C(=O)C(C)(C)C)c2ccc(OC)cc21)c1nncs1. The number of rotatable bonds is 6. The van der Waals surface area contributed by atoms with E-state index in [9.17, 15) is 9.59 Å². The van der Waals surface area contributed by atoms with Crippen LogP contribution in [0.2, 0.25) is 0 Å². The Hall–Kier alpha value is -2.81. The number of Topliss-reactive ketones (excluding diaryl/α,β-unsaturated/α-hetero) is 1. The zero-order chi connectivity index (χ0) is 20.5. The predicted octanol–water partition coefficient (Wildman–Crippen LogP) is 3.18. The van der Waals surface area contributed by atoms with Gasteiger partial charge in [0.2, 0.25) is 5.13 Å². The molecule has 0 N–H and O–H groups in total. The van der Waals surface area contributed by atoms with E-state index < -0.39 is 5.41 Å². The number of likely N-dealkylation sites (N-methyl/N-ethyl adjacent to an activating group) is 1. The Balaban J connectivity index is 2.04. The van der Waals surface area contributed by atoms with E-state index in [2.05, 4.69) is 15.3 Å². The molecule has 0 saturated carbocycles. The maximum absolute atomic E-state index is 12.9. The second kappa shape index (κ2) is 7.67. The van der Waals surface area contributed by atoms with Gasteiger partial charge in [-0.2, -0.15) is 5.10 Å². The first kappa shape index (κ1) is 19.9. The van der Waals surface area contributed by atoms with Crippen LogP contribution in [-0.2, 0) is 11.3 Å². The van der Waals surface area contributed by atoms with Gasteiger partial charge in [0.1, 0.15) is 23.5 Å². The molecule has 0 aliphatic carbocycles. The van der Waals surface area contributed by atoms with Gasteiger partial charge in [0.15, 0.2) is 5.78 Å². The Morgan fingerprint density at radius 3 is 2.61 bits per heavy atom. The van der Waals surface area contributed by atoms with Crippen molar-refractivity contribution in [3.63, 3.8) is 0 Å². The molecule has 9 heteroatoms. The van der Waals surface area contributed by atoms with E-state index in [4.69, 9.17) is 4.74 Å². The summed E-state index contributed by atoms with van der Waals surface area (Å²) in [4.78, 5) is 27.3. The van der Waals surface area contributed by atoms with Crippen LogP contribution in [0.25, 0.3) is 10.9 Å². The van der Waals surface area contributed by atoms with Crippen molar-refractivity contribution in [2.75, 3.05) is 18.6 Å². The van der Waals surface area contributed by atoms with Gasteiger partial charge in [0.25, 0.3) is 5.91 Å². The van der Waals surface area contributed by atoms with Crippen LogP contribution in [0.3, 0.4) is 0 Å². The Morgan fingerprint density at radius 1 is 1.29 bits per heavy atom. The summed E-state index contributed by atoms with van der Waals surface area (Å²) in [6.07, 6.45) is 0. The molecule has 0 aliphatic rings. The Labute approximate surface area is 167 Å². The summed E-state index contributed by atoms with van der Waals surface area (Å²) in [5.74, 6) is 0.374. The number of ketones is 1. The van der Waals surface area contributed by atoms with Gasteiger partial charge in [-0.25, -0.2) is 0 Å². The highest BCUT2D eigenvalue weighted by molar-refractivity contribution is 7.13. The molecular weight excluding hydrogens is 378 g/mol. The number of anilines is 1. The third-order valence-corrected chi connectivity index (χ3v) is 5.05. The zero-order valence-electron chi connectivity index (χ0n) is 16.6. The summed E-state index contributed by atoms with van der Waals surface area (Å²) < 4.78 is 6.87. The maximum atomic E-state index is 12.9. The summed E-state index contributed by atoms with van der Waals surface area (Å²) in [6.45, 7) is 7.87. The van der Waals surface area contributed by atoms with Crippen molar-refractivity contribution < 1.29 is 14.3 Å². The fourth-order valence-electron chi connectivity index (χ4n) is 2.84. The van der Waals surface area contributed by atoms with Crippen molar-refractivity contribution in [1.29, 1.82) is 0 Å². The molecule has 0 saturated heterocycles. The lowest BCUT2D eigenvalue weighted by Crippen LogP contribution is -2.34. The number of methoxy groups -OCH3 is 1. The van der Waals surface area contributed by atoms with E-state index >= 15 is 0 Å². The number of carbonyl (C=O) groups is 2. The number of fused-ring (bicyclic) bond motifs is 1. The minimum Gasteiger partial charge on any atom is -0.497 e. The molecule has 2 heterocycles. The Kier molecular flexibility index (Phi) is 5.46. The second-order valence-electron chi connectivity index (χ2n) is 7.33. The molecule has 0 unspecified atom stereocenters. The molecule has 0 atom stereocenters. The number of amides is 1. The summed E-state index contributed by atoms with van der Waals surface area (Å²) in [5, 5.41) is 13.5. The third kappa shape index (κ3) is 3.75. The van der Waals surface area contributed by atoms with Crippen molar-refractivity contribution in [1.82, 2.24) is 20.0 Å². The van der Waals surface area contributed by atoms with Crippen LogP contribution in [0.5, 0.6) is 5.75 Å². The number of benzene rings is 1. The lowest BCUT2D eigenvalue weighted by Gasteiger charge is -2.17. The average molecular weight is 401 g/mol. The highest BCUT2D eigenvalue weighted by atomic mass is 32.1. The molecule has 3 aromatic rings. The molecule has 28 heavy (non-hydrogen) atoms. The van der Waals surface area contributed by atoms with Gasteiger partial charge in [-0.05, 0) is 19.1 Å². The lowest BCUT2D eigenvalue weighted by atomic mass is 9.88. The van der Waals surface area contributed by atoms with Crippen molar-refractivity contribution >= 4 is 39.1 Å². The highest BCUT2D eigenvalue weighted by Crippen LogP contribution is 2.29. The molecule has 1 aromatic carbocycles. The summed E-state index contributed by atoms with van der Waals surface area (Å²) >= 11 is 1.30. The number of hydrogen-bond donors (Lipinski definition) is 0. The van der Waals surface area contributed by atoms with Gasteiger partial charge in [-0.1, -0.05) is 32.1 Å². The molecule has 0 aliphatic heterocycles. The van der Waals surface area contributed by atoms with E-state index in [1.165, 1.54) is 11.3 Å². The van der Waals surface area contributed by atoms with Crippen molar-refractivity contribution in [2.24, 2.45) is 5.41 Å². The molecule has 3 rings (SSSR count). The van der Waals surface area contributed by atoms with E-state index in [1.54, 1.807) is 34.3 Å². The number of aromatic nitrogens is 4. The molecule has 0 radical (unpaired) electrons. The minimum absolute atomic E-state index is 0.0193. The third-order valence-electron chi connectivity index (χ3n) is 4.34. The lowest BCUT2D eigenvalue weighted by molar-refractivity contribution is -0.119. The molecule has 0 fully saturated rings. The quantitative estimate of drug-likeness (QED) is 0.589. The first-order chi connectivity index (χ1) is 13.3. The van der Waals surface area contributed by atoms with Crippen LogP contribution in [0.4, 0.5) is 5.13 Å². The van der Waals surface area contributed by atoms with E-state index in [-0.39, 0.29) is 18.2 Å². The topological polar surface area (TPSA) is 90.2 Å². The first-order valence-corrected chi connectivity index (χ1v) is 9.80.